The molecule has 0 heterocycles. The van der Waals surface area contributed by atoms with Crippen LogP contribution in [0.25, 0.3) is 0 Å². The highest BCUT2D eigenvalue weighted by atomic mass is 16.4. The predicted octanol–water partition coefficient (Wildman–Crippen LogP) is -0.336. The Kier molecular flexibility index (Phi) is 7.00. The van der Waals surface area contributed by atoms with E-state index >= 15 is 0 Å². The summed E-state index contributed by atoms with van der Waals surface area (Å²) in [5.74, 6) is -1.08. The van der Waals surface area contributed by atoms with Crippen molar-refractivity contribution >= 4 is 12.0 Å². The molecule has 0 radical (unpaired) electrons. The number of nitrogens with two attached hydrogens (primary N) is 1. The fourth-order valence-corrected chi connectivity index (χ4v) is 0.901. The number of nitrogens with one attached hydrogen (secondary N) is 2. The molecule has 0 aromatic heterocycles. The molecule has 0 saturated heterocycles. The number of rotatable bonds is 7. The molecule has 2 amide bonds. The first-order valence-electron chi connectivity index (χ1n) is 4.70. The van der Waals surface area contributed by atoms with Crippen molar-refractivity contribution in [2.75, 3.05) is 13.1 Å². The lowest BCUT2D eigenvalue weighted by atomic mass is 10.2. The molecule has 0 spiro atoms. The van der Waals surface area contributed by atoms with Gasteiger partial charge in [0, 0.05) is 6.54 Å². The van der Waals surface area contributed by atoms with E-state index in [1.54, 1.807) is 0 Å². The molecule has 6 heteroatoms. The first kappa shape index (κ1) is 13.4. The summed E-state index contributed by atoms with van der Waals surface area (Å²) in [6, 6.07) is -1.43. The second-order valence-electron chi connectivity index (χ2n) is 2.96. The molecule has 15 heavy (non-hydrogen) atoms. The number of carbonyl (C=O) groups excluding carboxylic acids is 1. The molecule has 1 unspecified atom stereocenters. The summed E-state index contributed by atoms with van der Waals surface area (Å²) < 4.78 is 0. The number of hydrogen-bond donors (Lipinski definition) is 4. The molecule has 0 aromatic rings. The predicted molar refractivity (Wildman–Crippen MR) is 56.4 cm³/mol. The van der Waals surface area contributed by atoms with Crippen LogP contribution in [-0.2, 0) is 4.79 Å². The van der Waals surface area contributed by atoms with Gasteiger partial charge in [-0.1, -0.05) is 6.08 Å². The van der Waals surface area contributed by atoms with Crippen molar-refractivity contribution in [1.82, 2.24) is 10.6 Å². The van der Waals surface area contributed by atoms with Crippen LogP contribution in [0.5, 0.6) is 0 Å². The lowest BCUT2D eigenvalue weighted by Gasteiger charge is -2.13. The molecule has 0 bridgehead atoms. The van der Waals surface area contributed by atoms with E-state index < -0.39 is 18.0 Å². The minimum atomic E-state index is -1.08. The van der Waals surface area contributed by atoms with Crippen LogP contribution in [0.3, 0.4) is 0 Å². The maximum Gasteiger partial charge on any atom is 0.326 e. The van der Waals surface area contributed by atoms with E-state index in [0.29, 0.717) is 19.5 Å². The SMILES string of the molecule is C=CCC(NC(=O)NCCCN)C(=O)O. The highest BCUT2D eigenvalue weighted by Crippen LogP contribution is 1.92. The summed E-state index contributed by atoms with van der Waals surface area (Å²) in [7, 11) is 0. The molecule has 0 aliphatic rings. The summed E-state index contributed by atoms with van der Waals surface area (Å²) in [4.78, 5) is 21.8. The Balaban J connectivity index is 3.89. The van der Waals surface area contributed by atoms with E-state index in [2.05, 4.69) is 17.2 Å². The lowest BCUT2D eigenvalue weighted by Crippen LogP contribution is -2.46. The third-order valence-corrected chi connectivity index (χ3v) is 1.67. The number of aliphatic carboxylic acids is 1. The van der Waals surface area contributed by atoms with Gasteiger partial charge in [-0.3, -0.25) is 0 Å². The molecule has 86 valence electrons. The van der Waals surface area contributed by atoms with Crippen molar-refractivity contribution in [2.45, 2.75) is 18.9 Å². The summed E-state index contributed by atoms with van der Waals surface area (Å²) in [6.45, 7) is 4.33. The molecule has 1 atom stereocenters. The highest BCUT2D eigenvalue weighted by molar-refractivity contribution is 5.82. The average Bonchev–Trinajstić information content (AvgIpc) is 2.17. The Labute approximate surface area is 88.5 Å². The van der Waals surface area contributed by atoms with E-state index in [1.165, 1.54) is 6.08 Å². The van der Waals surface area contributed by atoms with Crippen LogP contribution in [0.15, 0.2) is 12.7 Å². The van der Waals surface area contributed by atoms with Gasteiger partial charge >= 0.3 is 12.0 Å². The van der Waals surface area contributed by atoms with Crippen molar-refractivity contribution < 1.29 is 14.7 Å². The molecule has 0 rings (SSSR count). The van der Waals surface area contributed by atoms with Crippen LogP contribution in [0.1, 0.15) is 12.8 Å². The standard InChI is InChI=1S/C9H17N3O3/c1-2-4-7(8(13)14)12-9(15)11-6-3-5-10/h2,7H,1,3-6,10H2,(H,13,14)(H2,11,12,15). The Morgan fingerprint density at radius 2 is 2.20 bits per heavy atom. The van der Waals surface area contributed by atoms with Gasteiger partial charge in [0.05, 0.1) is 0 Å². The van der Waals surface area contributed by atoms with E-state index in [4.69, 9.17) is 10.8 Å². The molecule has 0 fully saturated rings. The summed E-state index contributed by atoms with van der Waals surface area (Å²) in [6.07, 6.45) is 2.30. The number of carboxylic acids is 1. The molecule has 0 aliphatic heterocycles. The second-order valence-corrected chi connectivity index (χ2v) is 2.96. The Hall–Kier alpha value is -1.56. The van der Waals surface area contributed by atoms with Gasteiger partial charge in [-0.25, -0.2) is 9.59 Å². The number of amides is 2. The van der Waals surface area contributed by atoms with E-state index in [-0.39, 0.29) is 6.42 Å². The van der Waals surface area contributed by atoms with Crippen LogP contribution in [0.4, 0.5) is 4.79 Å². The van der Waals surface area contributed by atoms with Crippen LogP contribution < -0.4 is 16.4 Å². The van der Waals surface area contributed by atoms with E-state index in [0.717, 1.165) is 0 Å². The highest BCUT2D eigenvalue weighted by Gasteiger charge is 2.17. The first-order valence-corrected chi connectivity index (χ1v) is 4.70. The largest absolute Gasteiger partial charge is 0.480 e. The van der Waals surface area contributed by atoms with Gasteiger partial charge in [-0.2, -0.15) is 0 Å². The van der Waals surface area contributed by atoms with Gasteiger partial charge in [-0.15, -0.1) is 6.58 Å². The Morgan fingerprint density at radius 3 is 2.67 bits per heavy atom. The maximum atomic E-state index is 11.1. The monoisotopic (exact) mass is 215 g/mol. The third-order valence-electron chi connectivity index (χ3n) is 1.67. The summed E-state index contributed by atoms with van der Waals surface area (Å²) in [5.41, 5.74) is 5.23. The Bertz CT molecular complexity index is 231. The quantitative estimate of drug-likeness (QED) is 0.344. The molecule has 0 aliphatic carbocycles. The normalized spacial score (nSPS) is 11.5. The first-order chi connectivity index (χ1) is 7.11. The van der Waals surface area contributed by atoms with Crippen LogP contribution >= 0.6 is 0 Å². The zero-order valence-corrected chi connectivity index (χ0v) is 8.53. The van der Waals surface area contributed by atoms with Crippen molar-refractivity contribution in [1.29, 1.82) is 0 Å². The van der Waals surface area contributed by atoms with Gasteiger partial charge in [0.1, 0.15) is 6.04 Å². The number of carboxylic acid groups (broad SMARTS) is 1. The Morgan fingerprint density at radius 1 is 1.53 bits per heavy atom. The van der Waals surface area contributed by atoms with Gasteiger partial charge in [0.25, 0.3) is 0 Å². The molecular weight excluding hydrogens is 198 g/mol. The van der Waals surface area contributed by atoms with Gasteiger partial charge in [0.15, 0.2) is 0 Å². The maximum absolute atomic E-state index is 11.1. The zero-order valence-electron chi connectivity index (χ0n) is 8.53. The van der Waals surface area contributed by atoms with Crippen molar-refractivity contribution in [3.05, 3.63) is 12.7 Å². The number of urea groups is 1. The van der Waals surface area contributed by atoms with E-state index in [1.807, 2.05) is 0 Å². The molecule has 6 nitrogen and oxygen atoms in total. The van der Waals surface area contributed by atoms with Crippen LogP contribution in [-0.4, -0.2) is 36.2 Å². The van der Waals surface area contributed by atoms with Gasteiger partial charge < -0.3 is 21.5 Å². The topological polar surface area (TPSA) is 104 Å². The third kappa shape index (κ3) is 6.50. The molecule has 5 N–H and O–H groups in total. The smallest absolute Gasteiger partial charge is 0.326 e. The van der Waals surface area contributed by atoms with Crippen LogP contribution in [0, 0.1) is 0 Å². The lowest BCUT2D eigenvalue weighted by molar-refractivity contribution is -0.139. The minimum absolute atomic E-state index is 0.194. The summed E-state index contributed by atoms with van der Waals surface area (Å²) >= 11 is 0. The molecule has 0 saturated carbocycles. The van der Waals surface area contributed by atoms with Crippen molar-refractivity contribution in [2.24, 2.45) is 5.73 Å². The van der Waals surface area contributed by atoms with E-state index in [9.17, 15) is 9.59 Å². The van der Waals surface area contributed by atoms with Gasteiger partial charge in [-0.05, 0) is 19.4 Å². The summed E-state index contributed by atoms with van der Waals surface area (Å²) in [5, 5.41) is 13.5. The molecule has 0 aromatic carbocycles. The fraction of sp³-hybridized carbons (Fsp3) is 0.556. The van der Waals surface area contributed by atoms with Gasteiger partial charge in [0.2, 0.25) is 0 Å². The zero-order chi connectivity index (χ0) is 11.7. The number of carbonyl (C=O) groups is 2. The fourth-order valence-electron chi connectivity index (χ4n) is 0.901. The van der Waals surface area contributed by atoms with Crippen molar-refractivity contribution in [3.63, 3.8) is 0 Å². The van der Waals surface area contributed by atoms with Crippen LogP contribution in [0.2, 0.25) is 0 Å². The second kappa shape index (κ2) is 7.81. The average molecular weight is 215 g/mol. The molecular formula is C9H17N3O3. The van der Waals surface area contributed by atoms with Crippen molar-refractivity contribution in [3.8, 4) is 0 Å². The number of hydrogen-bond acceptors (Lipinski definition) is 3. The minimum Gasteiger partial charge on any atom is -0.480 e.